The molecule has 7 heteroatoms. The average Bonchev–Trinajstić information content (AvgIpc) is 2.67. The maximum Gasteiger partial charge on any atom is 0.256 e. The first kappa shape index (κ1) is 11.5. The van der Waals surface area contributed by atoms with Gasteiger partial charge in [0.1, 0.15) is 5.57 Å². The van der Waals surface area contributed by atoms with Gasteiger partial charge in [-0.1, -0.05) is 0 Å². The summed E-state index contributed by atoms with van der Waals surface area (Å²) in [5.74, 6) is -1.75. The highest BCUT2D eigenvalue weighted by atomic mass is 16.3. The van der Waals surface area contributed by atoms with Gasteiger partial charge in [-0.05, 0) is 6.07 Å². The van der Waals surface area contributed by atoms with Crippen LogP contribution in [0.15, 0.2) is 40.2 Å². The van der Waals surface area contributed by atoms with E-state index in [-0.39, 0.29) is 11.4 Å². The van der Waals surface area contributed by atoms with Gasteiger partial charge in [0.2, 0.25) is 0 Å². The summed E-state index contributed by atoms with van der Waals surface area (Å²) in [6.07, 6.45) is 2.71. The zero-order chi connectivity index (χ0) is 12.3. The Hall–Kier alpha value is -2.57. The van der Waals surface area contributed by atoms with Crippen molar-refractivity contribution in [2.45, 2.75) is 0 Å². The molecule has 1 aromatic heterocycles. The summed E-state index contributed by atoms with van der Waals surface area (Å²) in [5.41, 5.74) is 21.2. The molecule has 1 heterocycles. The molecule has 16 heavy (non-hydrogen) atoms. The maximum absolute atomic E-state index is 11.0. The molecule has 0 bridgehead atoms. The van der Waals surface area contributed by atoms with Gasteiger partial charge in [-0.2, -0.15) is 0 Å². The summed E-state index contributed by atoms with van der Waals surface area (Å²) in [4.78, 5) is 11.0. The third-order valence-electron chi connectivity index (χ3n) is 1.89. The van der Waals surface area contributed by atoms with Crippen LogP contribution < -0.4 is 22.9 Å². The lowest BCUT2D eigenvalue weighted by Crippen LogP contribution is -2.25. The van der Waals surface area contributed by atoms with Crippen LogP contribution in [0.4, 0.5) is 0 Å². The molecule has 0 saturated carbocycles. The zero-order valence-corrected chi connectivity index (χ0v) is 8.31. The van der Waals surface area contributed by atoms with Gasteiger partial charge >= 0.3 is 0 Å². The predicted molar refractivity (Wildman–Crippen MR) is 57.0 cm³/mol. The van der Waals surface area contributed by atoms with E-state index in [9.17, 15) is 4.79 Å². The van der Waals surface area contributed by atoms with Gasteiger partial charge < -0.3 is 32.5 Å². The molecule has 7 nitrogen and oxygen atoms in total. The van der Waals surface area contributed by atoms with Gasteiger partial charge in [-0.25, -0.2) is 0 Å². The predicted octanol–water partition coefficient (Wildman–Crippen LogP) is -0.921. The van der Waals surface area contributed by atoms with Crippen molar-refractivity contribution < 1.29 is 14.3 Å². The van der Waals surface area contributed by atoms with E-state index in [2.05, 4.69) is 0 Å². The first-order chi connectivity index (χ1) is 7.45. The molecule has 1 rings (SSSR count). The summed E-state index contributed by atoms with van der Waals surface area (Å²) < 4.78 is 4.79. The standard InChI is InChI=1S/C9H12N4O3/c10-6(4-1-2-16-3-4)7(11)5(8(12)14)9(13)15/h1-3,14H,10-12H2,(H2,13,15)/b7-6+,8-5-. The molecular formula is C9H12N4O3. The first-order valence-electron chi connectivity index (χ1n) is 4.21. The summed E-state index contributed by atoms with van der Waals surface area (Å²) in [7, 11) is 0. The molecule has 0 aliphatic heterocycles. The van der Waals surface area contributed by atoms with Crippen LogP contribution >= 0.6 is 0 Å². The van der Waals surface area contributed by atoms with Gasteiger partial charge in [-0.15, -0.1) is 0 Å². The van der Waals surface area contributed by atoms with Crippen LogP contribution in [0.5, 0.6) is 0 Å². The Labute approximate surface area is 91.0 Å². The van der Waals surface area contributed by atoms with E-state index in [1.807, 2.05) is 0 Å². The third kappa shape index (κ3) is 2.08. The van der Waals surface area contributed by atoms with Crippen molar-refractivity contribution in [1.82, 2.24) is 0 Å². The van der Waals surface area contributed by atoms with Crippen molar-refractivity contribution in [3.05, 3.63) is 41.3 Å². The van der Waals surface area contributed by atoms with Crippen molar-refractivity contribution in [3.63, 3.8) is 0 Å². The highest BCUT2D eigenvalue weighted by Crippen LogP contribution is 2.16. The van der Waals surface area contributed by atoms with Gasteiger partial charge in [0.25, 0.3) is 5.91 Å². The Morgan fingerprint density at radius 2 is 1.88 bits per heavy atom. The van der Waals surface area contributed by atoms with E-state index in [1.54, 1.807) is 0 Å². The second-order valence-corrected chi connectivity index (χ2v) is 2.96. The second kappa shape index (κ2) is 4.30. The lowest BCUT2D eigenvalue weighted by molar-refractivity contribution is -0.114. The van der Waals surface area contributed by atoms with Crippen LogP contribution in [0.1, 0.15) is 5.56 Å². The van der Waals surface area contributed by atoms with E-state index >= 15 is 0 Å². The number of carbonyl (C=O) groups is 1. The number of primary amides is 1. The number of carbonyl (C=O) groups excluding carboxylic acids is 1. The number of rotatable bonds is 3. The molecule has 0 aromatic carbocycles. The monoisotopic (exact) mass is 224 g/mol. The molecule has 0 aliphatic rings. The molecule has 1 amide bonds. The fourth-order valence-electron chi connectivity index (χ4n) is 1.10. The lowest BCUT2D eigenvalue weighted by Gasteiger charge is -2.08. The molecule has 9 N–H and O–H groups in total. The van der Waals surface area contributed by atoms with Crippen molar-refractivity contribution in [3.8, 4) is 0 Å². The molecule has 0 radical (unpaired) electrons. The maximum atomic E-state index is 11.0. The number of furan rings is 1. The summed E-state index contributed by atoms with van der Waals surface area (Å²) in [6, 6.07) is 1.54. The van der Waals surface area contributed by atoms with Crippen molar-refractivity contribution in [1.29, 1.82) is 0 Å². The second-order valence-electron chi connectivity index (χ2n) is 2.96. The molecule has 86 valence electrons. The van der Waals surface area contributed by atoms with E-state index in [1.165, 1.54) is 18.6 Å². The van der Waals surface area contributed by atoms with E-state index in [4.69, 9.17) is 32.5 Å². The fraction of sp³-hybridized carbons (Fsp3) is 0. The quantitative estimate of drug-likeness (QED) is 0.254. The number of amides is 1. The molecule has 0 saturated heterocycles. The zero-order valence-electron chi connectivity index (χ0n) is 8.31. The minimum Gasteiger partial charge on any atom is -0.494 e. The van der Waals surface area contributed by atoms with Crippen molar-refractivity contribution >= 4 is 11.6 Å². The smallest absolute Gasteiger partial charge is 0.256 e. The minimum absolute atomic E-state index is 0.0413. The van der Waals surface area contributed by atoms with Crippen LogP contribution in [-0.4, -0.2) is 11.0 Å². The third-order valence-corrected chi connectivity index (χ3v) is 1.89. The van der Waals surface area contributed by atoms with Crippen LogP contribution in [0, 0.1) is 0 Å². The molecule has 0 spiro atoms. The molecule has 0 unspecified atom stereocenters. The molecule has 0 fully saturated rings. The number of hydrogen-bond donors (Lipinski definition) is 5. The Bertz CT molecular complexity index is 455. The Morgan fingerprint density at radius 3 is 2.25 bits per heavy atom. The average molecular weight is 224 g/mol. The number of aliphatic hydroxyl groups excluding tert-OH is 1. The molecule has 0 atom stereocenters. The lowest BCUT2D eigenvalue weighted by atomic mass is 10.1. The largest absolute Gasteiger partial charge is 0.494 e. The highest BCUT2D eigenvalue weighted by Gasteiger charge is 2.17. The minimum atomic E-state index is -0.969. The van der Waals surface area contributed by atoms with E-state index in [0.29, 0.717) is 5.56 Å². The van der Waals surface area contributed by atoms with Crippen LogP contribution in [-0.2, 0) is 4.79 Å². The van der Waals surface area contributed by atoms with Crippen molar-refractivity contribution in [2.75, 3.05) is 0 Å². The Kier molecular flexibility index (Phi) is 3.09. The highest BCUT2D eigenvalue weighted by molar-refractivity contribution is 5.99. The summed E-state index contributed by atoms with van der Waals surface area (Å²) in [6.45, 7) is 0. The fourth-order valence-corrected chi connectivity index (χ4v) is 1.10. The van der Waals surface area contributed by atoms with Crippen LogP contribution in [0.3, 0.4) is 0 Å². The van der Waals surface area contributed by atoms with Crippen LogP contribution in [0.25, 0.3) is 5.70 Å². The molecule has 0 aliphatic carbocycles. The Balaban J connectivity index is 3.28. The normalized spacial score (nSPS) is 14.0. The number of hydrogen-bond acceptors (Lipinski definition) is 6. The summed E-state index contributed by atoms with van der Waals surface area (Å²) >= 11 is 0. The molecule has 1 aromatic rings. The van der Waals surface area contributed by atoms with Gasteiger partial charge in [0.05, 0.1) is 23.9 Å². The van der Waals surface area contributed by atoms with Crippen molar-refractivity contribution in [2.24, 2.45) is 22.9 Å². The number of aliphatic hydroxyl groups is 1. The van der Waals surface area contributed by atoms with E-state index < -0.39 is 17.4 Å². The van der Waals surface area contributed by atoms with Gasteiger partial charge in [0.15, 0.2) is 5.88 Å². The van der Waals surface area contributed by atoms with Crippen LogP contribution in [0.2, 0.25) is 0 Å². The van der Waals surface area contributed by atoms with Gasteiger partial charge in [0, 0.05) is 5.56 Å². The van der Waals surface area contributed by atoms with E-state index in [0.717, 1.165) is 0 Å². The SMILES string of the molecule is NC(=O)C(=C(/N)O)/C(N)=C(\N)c1ccoc1. The Morgan fingerprint density at radius 1 is 1.25 bits per heavy atom. The topological polar surface area (TPSA) is 155 Å². The molecular weight excluding hydrogens is 212 g/mol. The summed E-state index contributed by atoms with van der Waals surface area (Å²) in [5, 5.41) is 9.06. The van der Waals surface area contributed by atoms with Gasteiger partial charge in [-0.3, -0.25) is 4.79 Å². The first-order valence-corrected chi connectivity index (χ1v) is 4.21. The number of nitrogens with two attached hydrogens (primary N) is 4.